The van der Waals surface area contributed by atoms with Gasteiger partial charge in [-0.25, -0.2) is 0 Å². The Bertz CT molecular complexity index is 2530. The van der Waals surface area contributed by atoms with Crippen LogP contribution in [0.2, 0.25) is 0 Å². The minimum atomic E-state index is 1.07. The molecule has 0 aliphatic rings. The van der Waals surface area contributed by atoms with Crippen LogP contribution in [0.25, 0.3) is 20.2 Å². The SMILES string of the molecule is c1ccc(N(c2ccccc2)c2cccc(N(c3ccccc3)c3ccc(N(c4ccccc4)c4ccc5sc6ccccc6c5c4)cc3)c2)cc1. The van der Waals surface area contributed by atoms with Crippen molar-refractivity contribution in [3.8, 4) is 0 Å². The molecule has 248 valence electrons. The third kappa shape index (κ3) is 6.06. The molecule has 0 amide bonds. The fraction of sp³-hybridized carbons (Fsp3) is 0. The van der Waals surface area contributed by atoms with E-state index in [9.17, 15) is 0 Å². The number of hydrogen-bond donors (Lipinski definition) is 0. The Labute approximate surface area is 308 Å². The van der Waals surface area contributed by atoms with Gasteiger partial charge in [-0.3, -0.25) is 0 Å². The van der Waals surface area contributed by atoms with Crippen LogP contribution in [0.4, 0.5) is 51.2 Å². The van der Waals surface area contributed by atoms with Crippen molar-refractivity contribution in [2.24, 2.45) is 0 Å². The zero-order chi connectivity index (χ0) is 34.7. The number of nitrogens with zero attached hydrogens (tertiary/aromatic N) is 3. The monoisotopic (exact) mass is 685 g/mol. The molecule has 0 saturated carbocycles. The van der Waals surface area contributed by atoms with Crippen molar-refractivity contribution in [3.05, 3.63) is 212 Å². The lowest BCUT2D eigenvalue weighted by Gasteiger charge is -2.30. The van der Waals surface area contributed by atoms with Crippen LogP contribution in [0, 0.1) is 0 Å². The quantitative estimate of drug-likeness (QED) is 0.150. The maximum Gasteiger partial charge on any atom is 0.0482 e. The van der Waals surface area contributed by atoms with E-state index in [4.69, 9.17) is 0 Å². The fourth-order valence-corrected chi connectivity index (χ4v) is 8.11. The van der Waals surface area contributed by atoms with Gasteiger partial charge in [-0.05, 0) is 115 Å². The summed E-state index contributed by atoms with van der Waals surface area (Å²) in [6.45, 7) is 0. The van der Waals surface area contributed by atoms with E-state index in [-0.39, 0.29) is 0 Å². The van der Waals surface area contributed by atoms with Crippen molar-refractivity contribution in [3.63, 3.8) is 0 Å². The molecule has 1 heterocycles. The molecule has 0 N–H and O–H groups in total. The van der Waals surface area contributed by atoms with Crippen molar-refractivity contribution in [1.82, 2.24) is 0 Å². The number of rotatable bonds is 9. The highest BCUT2D eigenvalue weighted by atomic mass is 32.1. The zero-order valence-corrected chi connectivity index (χ0v) is 29.3. The van der Waals surface area contributed by atoms with Crippen LogP contribution < -0.4 is 14.7 Å². The van der Waals surface area contributed by atoms with Gasteiger partial charge >= 0.3 is 0 Å². The number of para-hydroxylation sites is 4. The Morgan fingerprint density at radius 2 is 0.558 bits per heavy atom. The average Bonchev–Trinajstić information content (AvgIpc) is 3.59. The molecule has 0 unspecified atom stereocenters. The molecule has 0 aliphatic heterocycles. The number of thiophene rings is 1. The highest BCUT2D eigenvalue weighted by Crippen LogP contribution is 2.43. The molecule has 0 radical (unpaired) electrons. The highest BCUT2D eigenvalue weighted by Gasteiger charge is 2.19. The van der Waals surface area contributed by atoms with Gasteiger partial charge in [-0.1, -0.05) is 97.1 Å². The van der Waals surface area contributed by atoms with E-state index in [0.29, 0.717) is 0 Å². The van der Waals surface area contributed by atoms with E-state index in [1.807, 2.05) is 11.3 Å². The summed E-state index contributed by atoms with van der Waals surface area (Å²) < 4.78 is 2.61. The van der Waals surface area contributed by atoms with Gasteiger partial charge in [0.15, 0.2) is 0 Å². The smallest absolute Gasteiger partial charge is 0.0482 e. The maximum absolute atomic E-state index is 2.35. The van der Waals surface area contributed by atoms with E-state index < -0.39 is 0 Å². The zero-order valence-electron chi connectivity index (χ0n) is 28.5. The van der Waals surface area contributed by atoms with E-state index in [1.54, 1.807) is 0 Å². The van der Waals surface area contributed by atoms with Crippen LogP contribution in [0.5, 0.6) is 0 Å². The topological polar surface area (TPSA) is 9.72 Å². The number of hydrogen-bond acceptors (Lipinski definition) is 4. The van der Waals surface area contributed by atoms with Crippen LogP contribution in [-0.4, -0.2) is 0 Å². The summed E-state index contributed by atoms with van der Waals surface area (Å²) in [7, 11) is 0. The Hall–Kier alpha value is -6.62. The van der Waals surface area contributed by atoms with Crippen LogP contribution in [0.1, 0.15) is 0 Å². The van der Waals surface area contributed by atoms with Gasteiger partial charge in [0, 0.05) is 71.4 Å². The standard InChI is InChI=1S/C48H35N3S/c1-5-16-36(17-6-1)49(37-18-7-2-8-19-37)42-24-15-25-43(34-42)50(38-20-9-3-10-21-38)40-28-30-41(31-29-40)51(39-22-11-4-12-23-39)44-32-33-48-46(35-44)45-26-13-14-27-47(45)52-48/h1-35H. The molecule has 0 aliphatic carbocycles. The minimum absolute atomic E-state index is 1.07. The number of benzene rings is 8. The lowest BCUT2D eigenvalue weighted by Crippen LogP contribution is -2.13. The summed E-state index contributed by atoms with van der Waals surface area (Å²) in [4.78, 5) is 6.99. The molecular weight excluding hydrogens is 651 g/mol. The summed E-state index contributed by atoms with van der Waals surface area (Å²) >= 11 is 1.85. The molecule has 9 rings (SSSR count). The molecule has 9 aromatic rings. The molecule has 3 nitrogen and oxygen atoms in total. The van der Waals surface area contributed by atoms with Crippen molar-refractivity contribution >= 4 is 82.7 Å². The van der Waals surface area contributed by atoms with Crippen LogP contribution in [0.3, 0.4) is 0 Å². The van der Waals surface area contributed by atoms with Gasteiger partial charge in [0.1, 0.15) is 0 Å². The normalized spacial score (nSPS) is 11.1. The predicted molar refractivity (Wildman–Crippen MR) is 223 cm³/mol. The van der Waals surface area contributed by atoms with E-state index in [1.165, 1.54) is 20.2 Å². The second-order valence-electron chi connectivity index (χ2n) is 12.7. The lowest BCUT2D eigenvalue weighted by molar-refractivity contribution is 1.24. The second-order valence-corrected chi connectivity index (χ2v) is 13.7. The first-order valence-corrected chi connectivity index (χ1v) is 18.3. The molecule has 0 saturated heterocycles. The first-order chi connectivity index (χ1) is 25.8. The highest BCUT2D eigenvalue weighted by molar-refractivity contribution is 7.25. The summed E-state index contributed by atoms with van der Waals surface area (Å²) in [6.07, 6.45) is 0. The van der Waals surface area contributed by atoms with Gasteiger partial charge in [0.05, 0.1) is 0 Å². The van der Waals surface area contributed by atoms with Crippen LogP contribution >= 0.6 is 11.3 Å². The molecule has 0 atom stereocenters. The Kier molecular flexibility index (Phi) is 8.41. The largest absolute Gasteiger partial charge is 0.310 e. The third-order valence-electron chi connectivity index (χ3n) is 9.39. The van der Waals surface area contributed by atoms with Gasteiger partial charge in [-0.2, -0.15) is 0 Å². The predicted octanol–water partition coefficient (Wildman–Crippen LogP) is 14.5. The van der Waals surface area contributed by atoms with Crippen molar-refractivity contribution in [2.75, 3.05) is 14.7 Å². The Morgan fingerprint density at radius 3 is 1.02 bits per heavy atom. The van der Waals surface area contributed by atoms with Gasteiger partial charge < -0.3 is 14.7 Å². The molecular formula is C48H35N3S. The van der Waals surface area contributed by atoms with E-state index >= 15 is 0 Å². The molecule has 0 fully saturated rings. The average molecular weight is 686 g/mol. The summed E-state index contributed by atoms with van der Waals surface area (Å²) in [6, 6.07) is 75.6. The van der Waals surface area contributed by atoms with Crippen molar-refractivity contribution < 1.29 is 0 Å². The summed E-state index contributed by atoms with van der Waals surface area (Å²) in [5, 5.41) is 2.58. The van der Waals surface area contributed by atoms with Gasteiger partial charge in [-0.15, -0.1) is 11.3 Å². The van der Waals surface area contributed by atoms with Gasteiger partial charge in [0.25, 0.3) is 0 Å². The van der Waals surface area contributed by atoms with Crippen LogP contribution in [-0.2, 0) is 0 Å². The molecule has 1 aromatic heterocycles. The maximum atomic E-state index is 2.35. The first-order valence-electron chi connectivity index (χ1n) is 17.5. The third-order valence-corrected chi connectivity index (χ3v) is 10.5. The van der Waals surface area contributed by atoms with E-state index in [0.717, 1.165) is 51.2 Å². The van der Waals surface area contributed by atoms with Crippen molar-refractivity contribution in [1.29, 1.82) is 0 Å². The number of anilines is 9. The Morgan fingerprint density at radius 1 is 0.231 bits per heavy atom. The molecule has 4 heteroatoms. The molecule has 0 spiro atoms. The summed E-state index contributed by atoms with van der Waals surface area (Å²) in [5.74, 6) is 0. The molecule has 8 aromatic carbocycles. The van der Waals surface area contributed by atoms with Gasteiger partial charge in [0.2, 0.25) is 0 Å². The molecule has 0 bridgehead atoms. The first kappa shape index (κ1) is 31.4. The van der Waals surface area contributed by atoms with E-state index in [2.05, 4.69) is 227 Å². The number of fused-ring (bicyclic) bond motifs is 3. The second kappa shape index (κ2) is 13.9. The lowest BCUT2D eigenvalue weighted by atomic mass is 10.1. The van der Waals surface area contributed by atoms with Crippen LogP contribution in [0.15, 0.2) is 212 Å². The Balaban J connectivity index is 1.14. The van der Waals surface area contributed by atoms with Crippen molar-refractivity contribution in [2.45, 2.75) is 0 Å². The fourth-order valence-electron chi connectivity index (χ4n) is 7.03. The molecule has 52 heavy (non-hydrogen) atoms. The summed E-state index contributed by atoms with van der Waals surface area (Å²) in [5.41, 5.74) is 9.87. The minimum Gasteiger partial charge on any atom is -0.310 e.